The maximum absolute atomic E-state index is 11.6. The number of aliphatic hydroxyl groups excluding tert-OH is 1. The number of carbonyl (C=O) groups is 1. The minimum absolute atomic E-state index is 0.0786. The number of aliphatic hydroxyl groups is 1. The van der Waals surface area contributed by atoms with Gasteiger partial charge in [-0.15, -0.1) is 0 Å². The molecule has 0 aromatic heterocycles. The van der Waals surface area contributed by atoms with Gasteiger partial charge in [0.15, 0.2) is 5.78 Å². The molecule has 1 N–H and O–H groups in total. The third-order valence-corrected chi connectivity index (χ3v) is 3.77. The first-order valence-corrected chi connectivity index (χ1v) is 4.89. The summed E-state index contributed by atoms with van der Waals surface area (Å²) >= 11 is 0. The molecule has 0 aromatic rings. The Morgan fingerprint density at radius 2 is 2.31 bits per heavy atom. The van der Waals surface area contributed by atoms with Gasteiger partial charge in [0.05, 0.1) is 6.10 Å². The molecule has 2 aliphatic carbocycles. The van der Waals surface area contributed by atoms with Crippen molar-refractivity contribution in [2.45, 2.75) is 37.9 Å². The number of ether oxygens (including phenoxy) is 1. The van der Waals surface area contributed by atoms with E-state index in [9.17, 15) is 9.90 Å². The van der Waals surface area contributed by atoms with Crippen molar-refractivity contribution in [3.63, 3.8) is 0 Å². The lowest BCUT2D eigenvalue weighted by atomic mass is 9.54. The second-order valence-corrected chi connectivity index (χ2v) is 4.28. The summed E-state index contributed by atoms with van der Waals surface area (Å²) in [7, 11) is 1.61. The third kappa shape index (κ3) is 1.00. The molecule has 2 saturated carbocycles. The van der Waals surface area contributed by atoms with Crippen LogP contribution in [0.25, 0.3) is 0 Å². The average Bonchev–Trinajstić information content (AvgIpc) is 2.17. The maximum atomic E-state index is 11.6. The molecule has 3 heteroatoms. The number of methoxy groups -OCH3 is 1. The number of Topliss-reactive ketones (excluding diaryl/α,β-unsaturated/α-hetero) is 1. The van der Waals surface area contributed by atoms with E-state index in [1.807, 2.05) is 6.92 Å². The molecule has 0 heterocycles. The molecule has 4 atom stereocenters. The second-order valence-electron chi connectivity index (χ2n) is 4.28. The van der Waals surface area contributed by atoms with Crippen molar-refractivity contribution in [2.24, 2.45) is 11.8 Å². The molecular formula is C10H16O3. The van der Waals surface area contributed by atoms with Crippen LogP contribution in [0.5, 0.6) is 0 Å². The van der Waals surface area contributed by atoms with Crippen LogP contribution in [-0.2, 0) is 9.53 Å². The largest absolute Gasteiger partial charge is 0.393 e. The van der Waals surface area contributed by atoms with E-state index in [4.69, 9.17) is 4.74 Å². The van der Waals surface area contributed by atoms with Gasteiger partial charge in [-0.25, -0.2) is 0 Å². The van der Waals surface area contributed by atoms with E-state index in [2.05, 4.69) is 0 Å². The molecule has 2 aliphatic rings. The molecule has 74 valence electrons. The number of hydrogen-bond donors (Lipinski definition) is 1. The van der Waals surface area contributed by atoms with E-state index in [0.717, 1.165) is 6.42 Å². The second kappa shape index (κ2) is 2.79. The minimum Gasteiger partial charge on any atom is -0.393 e. The summed E-state index contributed by atoms with van der Waals surface area (Å²) in [5, 5.41) is 9.48. The number of ketones is 1. The van der Waals surface area contributed by atoms with Gasteiger partial charge in [0.25, 0.3) is 0 Å². The highest BCUT2D eigenvalue weighted by Crippen LogP contribution is 2.51. The summed E-state index contributed by atoms with van der Waals surface area (Å²) in [4.78, 5) is 11.6. The summed E-state index contributed by atoms with van der Waals surface area (Å²) in [6.45, 7) is 1.93. The van der Waals surface area contributed by atoms with Crippen LogP contribution in [-0.4, -0.2) is 29.7 Å². The summed E-state index contributed by atoms with van der Waals surface area (Å²) in [5.74, 6) is 0.551. The Morgan fingerprint density at radius 3 is 2.92 bits per heavy atom. The normalized spacial score (nSPS) is 49.8. The molecule has 0 amide bonds. The van der Waals surface area contributed by atoms with Gasteiger partial charge in [-0.2, -0.15) is 0 Å². The lowest BCUT2D eigenvalue weighted by Crippen LogP contribution is -2.66. The molecule has 0 aromatic carbocycles. The zero-order valence-corrected chi connectivity index (χ0v) is 8.12. The van der Waals surface area contributed by atoms with Crippen LogP contribution in [0.15, 0.2) is 0 Å². The van der Waals surface area contributed by atoms with Crippen LogP contribution in [0.1, 0.15) is 26.2 Å². The number of carbonyl (C=O) groups excluding carboxylic acids is 1. The van der Waals surface area contributed by atoms with Crippen molar-refractivity contribution >= 4 is 5.78 Å². The van der Waals surface area contributed by atoms with Crippen LogP contribution in [0, 0.1) is 11.8 Å². The smallest absolute Gasteiger partial charge is 0.168 e. The van der Waals surface area contributed by atoms with E-state index in [1.165, 1.54) is 0 Å². The molecule has 0 radical (unpaired) electrons. The fourth-order valence-corrected chi connectivity index (χ4v) is 2.91. The van der Waals surface area contributed by atoms with Crippen LogP contribution < -0.4 is 0 Å². The predicted molar refractivity (Wildman–Crippen MR) is 47.3 cm³/mol. The standard InChI is InChI=1S/C10H16O3/c1-6-8-5-7(11)3-4-10(8,13-2)9(6)12/h6-8,11H,3-5H2,1-2H3. The van der Waals surface area contributed by atoms with Crippen molar-refractivity contribution in [2.75, 3.05) is 7.11 Å². The Balaban J connectivity index is 2.19. The summed E-state index contributed by atoms with van der Waals surface area (Å²) < 4.78 is 5.35. The topological polar surface area (TPSA) is 46.5 Å². The van der Waals surface area contributed by atoms with Crippen molar-refractivity contribution < 1.29 is 14.6 Å². The van der Waals surface area contributed by atoms with E-state index < -0.39 is 5.60 Å². The van der Waals surface area contributed by atoms with Gasteiger partial charge >= 0.3 is 0 Å². The van der Waals surface area contributed by atoms with Crippen molar-refractivity contribution in [1.82, 2.24) is 0 Å². The Kier molecular flexibility index (Phi) is 1.96. The first-order chi connectivity index (χ1) is 6.12. The highest BCUT2D eigenvalue weighted by atomic mass is 16.5. The van der Waals surface area contributed by atoms with Crippen LogP contribution in [0.3, 0.4) is 0 Å². The molecular weight excluding hydrogens is 168 g/mol. The average molecular weight is 184 g/mol. The Morgan fingerprint density at radius 1 is 1.62 bits per heavy atom. The Bertz CT molecular complexity index is 238. The van der Waals surface area contributed by atoms with Crippen LogP contribution in [0.4, 0.5) is 0 Å². The first kappa shape index (κ1) is 9.16. The number of rotatable bonds is 1. The van der Waals surface area contributed by atoms with Gasteiger partial charge in [0.2, 0.25) is 0 Å². The molecule has 3 nitrogen and oxygen atoms in total. The Labute approximate surface area is 78.1 Å². The van der Waals surface area contributed by atoms with Gasteiger partial charge < -0.3 is 9.84 Å². The summed E-state index contributed by atoms with van der Waals surface area (Å²) in [6, 6.07) is 0. The molecule has 0 bridgehead atoms. The van der Waals surface area contributed by atoms with Crippen molar-refractivity contribution in [3.05, 3.63) is 0 Å². The molecule has 4 unspecified atom stereocenters. The monoisotopic (exact) mass is 184 g/mol. The van der Waals surface area contributed by atoms with Gasteiger partial charge in [0.1, 0.15) is 5.60 Å². The molecule has 13 heavy (non-hydrogen) atoms. The lowest BCUT2D eigenvalue weighted by molar-refractivity contribution is -0.197. The van der Waals surface area contributed by atoms with Gasteiger partial charge in [0, 0.05) is 18.9 Å². The molecule has 2 rings (SSSR count). The maximum Gasteiger partial charge on any atom is 0.168 e. The first-order valence-electron chi connectivity index (χ1n) is 4.89. The fourth-order valence-electron chi connectivity index (χ4n) is 2.91. The molecule has 0 saturated heterocycles. The Hall–Kier alpha value is -0.410. The molecule has 2 fully saturated rings. The van der Waals surface area contributed by atoms with Gasteiger partial charge in [-0.1, -0.05) is 6.92 Å². The summed E-state index contributed by atoms with van der Waals surface area (Å²) in [6.07, 6.45) is 1.88. The number of fused-ring (bicyclic) bond motifs is 1. The van der Waals surface area contributed by atoms with Crippen LogP contribution in [0.2, 0.25) is 0 Å². The number of hydrogen-bond acceptors (Lipinski definition) is 3. The third-order valence-electron chi connectivity index (χ3n) is 3.77. The highest BCUT2D eigenvalue weighted by Gasteiger charge is 2.62. The van der Waals surface area contributed by atoms with E-state index >= 15 is 0 Å². The van der Waals surface area contributed by atoms with E-state index in [1.54, 1.807) is 7.11 Å². The highest BCUT2D eigenvalue weighted by molar-refractivity contribution is 5.96. The molecule has 0 spiro atoms. The van der Waals surface area contributed by atoms with E-state index in [-0.39, 0.29) is 23.7 Å². The van der Waals surface area contributed by atoms with Crippen LogP contribution >= 0.6 is 0 Å². The van der Waals surface area contributed by atoms with Crippen molar-refractivity contribution in [1.29, 1.82) is 0 Å². The van der Waals surface area contributed by atoms with Gasteiger partial charge in [-0.3, -0.25) is 4.79 Å². The lowest BCUT2D eigenvalue weighted by Gasteiger charge is -2.54. The van der Waals surface area contributed by atoms with E-state index in [0.29, 0.717) is 12.8 Å². The summed E-state index contributed by atoms with van der Waals surface area (Å²) in [5.41, 5.74) is -0.529. The predicted octanol–water partition coefficient (Wildman–Crippen LogP) is 0.751. The zero-order valence-electron chi connectivity index (χ0n) is 8.12. The van der Waals surface area contributed by atoms with Crippen molar-refractivity contribution in [3.8, 4) is 0 Å². The zero-order chi connectivity index (χ0) is 9.64. The quantitative estimate of drug-likeness (QED) is 0.654. The van der Waals surface area contributed by atoms with Gasteiger partial charge in [-0.05, 0) is 19.3 Å². The minimum atomic E-state index is -0.529. The molecule has 0 aliphatic heterocycles. The SMILES string of the molecule is COC12CCC(O)CC1C(C)C2=O. The fraction of sp³-hybridized carbons (Fsp3) is 0.900.